The summed E-state index contributed by atoms with van der Waals surface area (Å²) in [6, 6.07) is -2.76. The minimum atomic E-state index is -3.79. The molecule has 0 radical (unpaired) electrons. The van der Waals surface area contributed by atoms with Crippen molar-refractivity contribution in [3.63, 3.8) is 0 Å². The number of fused-ring (bicyclic) bond motifs is 1. The summed E-state index contributed by atoms with van der Waals surface area (Å²) in [5.74, 6) is -2.02. The van der Waals surface area contributed by atoms with Gasteiger partial charge in [-0.15, -0.1) is 0 Å². The first-order valence-electron chi connectivity index (χ1n) is 14.1. The van der Waals surface area contributed by atoms with E-state index in [1.54, 1.807) is 27.7 Å². The molecule has 220 valence electrons. The number of rotatable bonds is 4. The molecule has 1 saturated carbocycles. The maximum atomic E-state index is 13.6. The average molecular weight is 569 g/mol. The minimum absolute atomic E-state index is 0.342. The molecule has 2 fully saturated rings. The highest BCUT2D eigenvalue weighted by atomic mass is 32.2. The highest BCUT2D eigenvalue weighted by molar-refractivity contribution is 7.90. The van der Waals surface area contributed by atoms with E-state index < -0.39 is 56.9 Å². The molecule has 0 bridgehead atoms. The van der Waals surface area contributed by atoms with Gasteiger partial charge in [0, 0.05) is 6.54 Å². The fraction of sp³-hybridized carbons (Fsp3) is 0.778. The lowest BCUT2D eigenvalue weighted by molar-refractivity contribution is -0.141. The van der Waals surface area contributed by atoms with Gasteiger partial charge < -0.3 is 20.3 Å². The molecule has 0 aromatic heterocycles. The Kier molecular flexibility index (Phi) is 10.4. The van der Waals surface area contributed by atoms with Gasteiger partial charge in [-0.05, 0) is 78.1 Å². The molecule has 0 aromatic rings. The van der Waals surface area contributed by atoms with E-state index in [2.05, 4.69) is 15.4 Å². The molecule has 3 aliphatic rings. The summed E-state index contributed by atoms with van der Waals surface area (Å²) < 4.78 is 32.4. The first kappa shape index (κ1) is 30.9. The molecule has 1 saturated heterocycles. The Morgan fingerprint density at radius 1 is 1.03 bits per heavy atom. The molecule has 39 heavy (non-hydrogen) atoms. The smallest absolute Gasteiger partial charge is 0.408 e. The van der Waals surface area contributed by atoms with Gasteiger partial charge in [0.2, 0.25) is 21.8 Å². The molecule has 12 heteroatoms. The predicted molar refractivity (Wildman–Crippen MR) is 146 cm³/mol. The molecule has 11 nitrogen and oxygen atoms in total. The second kappa shape index (κ2) is 13.1. The molecule has 0 spiro atoms. The normalized spacial score (nSPS) is 28.7. The molecular weight excluding hydrogens is 524 g/mol. The van der Waals surface area contributed by atoms with E-state index in [0.29, 0.717) is 45.1 Å². The number of hydrogen-bond donors (Lipinski definition) is 3. The fourth-order valence-corrected chi connectivity index (χ4v) is 6.27. The Morgan fingerprint density at radius 3 is 2.41 bits per heavy atom. The third-order valence-corrected chi connectivity index (χ3v) is 9.06. The van der Waals surface area contributed by atoms with Gasteiger partial charge in [0.05, 0.1) is 5.25 Å². The minimum Gasteiger partial charge on any atom is -0.444 e. The van der Waals surface area contributed by atoms with Gasteiger partial charge in [0.25, 0.3) is 5.91 Å². The van der Waals surface area contributed by atoms with Crippen LogP contribution in [0.15, 0.2) is 12.2 Å². The summed E-state index contributed by atoms with van der Waals surface area (Å²) in [4.78, 5) is 54.2. The summed E-state index contributed by atoms with van der Waals surface area (Å²) in [6.07, 6.45) is 9.46. The average Bonchev–Trinajstić information content (AvgIpc) is 3.58. The van der Waals surface area contributed by atoms with E-state index in [0.717, 1.165) is 25.7 Å². The van der Waals surface area contributed by atoms with Crippen molar-refractivity contribution in [3.05, 3.63) is 12.2 Å². The van der Waals surface area contributed by atoms with Gasteiger partial charge in [-0.3, -0.25) is 19.1 Å². The molecule has 4 atom stereocenters. The molecule has 3 N–H and O–H groups in total. The van der Waals surface area contributed by atoms with Crippen molar-refractivity contribution in [2.24, 2.45) is 5.92 Å². The topological polar surface area (TPSA) is 151 Å². The Balaban J connectivity index is 1.82. The van der Waals surface area contributed by atoms with E-state index in [1.165, 1.54) is 4.90 Å². The van der Waals surface area contributed by atoms with Crippen LogP contribution in [0, 0.1) is 5.92 Å². The van der Waals surface area contributed by atoms with Gasteiger partial charge in [0.15, 0.2) is 0 Å². The maximum Gasteiger partial charge on any atom is 0.408 e. The van der Waals surface area contributed by atoms with Crippen LogP contribution in [0.4, 0.5) is 4.79 Å². The van der Waals surface area contributed by atoms with E-state index >= 15 is 0 Å². The van der Waals surface area contributed by atoms with E-state index in [9.17, 15) is 27.6 Å². The van der Waals surface area contributed by atoms with Crippen LogP contribution >= 0.6 is 0 Å². The Hall–Kier alpha value is -2.63. The van der Waals surface area contributed by atoms with Gasteiger partial charge >= 0.3 is 6.09 Å². The predicted octanol–water partition coefficient (Wildman–Crippen LogP) is 2.51. The number of sulfonamides is 1. The zero-order chi connectivity index (χ0) is 28.8. The lowest BCUT2D eigenvalue weighted by Crippen LogP contribution is -2.58. The van der Waals surface area contributed by atoms with E-state index in [-0.39, 0.29) is 11.8 Å². The molecule has 4 amide bonds. The van der Waals surface area contributed by atoms with Crippen LogP contribution in [-0.4, -0.2) is 72.7 Å². The fourth-order valence-electron chi connectivity index (χ4n) is 4.94. The van der Waals surface area contributed by atoms with Crippen molar-refractivity contribution < 1.29 is 32.3 Å². The lowest BCUT2D eigenvalue weighted by atomic mass is 9.96. The number of ether oxygens (including phenoxy) is 1. The van der Waals surface area contributed by atoms with Crippen molar-refractivity contribution in [2.75, 3.05) is 6.54 Å². The standard InChI is InChI=1S/C27H44N4O7S/c1-18-12-9-7-5-6-8-10-13-20(28-26(35)38-27(2,3)4)25(34)31-17-11-14-21(31)23(32)29-22(18)24(33)30-39(36,37)19-15-16-19/h7,9,18-22H,5-6,8,10-17H2,1-4H3,(H,28,35)(H,29,32)(H,30,33)/b9-7-/t18-,20-,21-,22?/m0/s1. The summed E-state index contributed by atoms with van der Waals surface area (Å²) in [6.45, 7) is 7.36. The van der Waals surface area contributed by atoms with Crippen LogP contribution in [0.2, 0.25) is 0 Å². The molecule has 1 aliphatic carbocycles. The molecule has 2 heterocycles. The van der Waals surface area contributed by atoms with Crippen molar-refractivity contribution >= 4 is 33.8 Å². The van der Waals surface area contributed by atoms with Gasteiger partial charge in [0.1, 0.15) is 23.7 Å². The van der Waals surface area contributed by atoms with E-state index in [1.807, 2.05) is 12.2 Å². The van der Waals surface area contributed by atoms with Crippen molar-refractivity contribution in [2.45, 2.75) is 121 Å². The second-order valence-corrected chi connectivity index (χ2v) is 13.9. The number of nitrogens with zero attached hydrogens (tertiary/aromatic N) is 1. The Bertz CT molecular complexity index is 1050. The molecule has 0 aromatic carbocycles. The SMILES string of the molecule is C[C@H]1C/C=C\CCCCC[C@H](NC(=O)OC(C)(C)C)C(=O)N2CCC[C@H]2C(=O)NC1C(=O)NS(=O)(=O)C1CC1. The first-order valence-corrected chi connectivity index (χ1v) is 15.6. The summed E-state index contributed by atoms with van der Waals surface area (Å²) in [5.41, 5.74) is -0.729. The summed E-state index contributed by atoms with van der Waals surface area (Å²) in [7, 11) is -3.79. The van der Waals surface area contributed by atoms with Crippen LogP contribution < -0.4 is 15.4 Å². The molecule has 2 aliphatic heterocycles. The van der Waals surface area contributed by atoms with Crippen LogP contribution in [0.25, 0.3) is 0 Å². The number of alkyl carbamates (subject to hydrolysis) is 1. The third-order valence-electron chi connectivity index (χ3n) is 7.22. The maximum absolute atomic E-state index is 13.6. The molecule has 1 unspecified atom stereocenters. The number of carbonyl (C=O) groups excluding carboxylic acids is 4. The summed E-state index contributed by atoms with van der Waals surface area (Å²) in [5, 5.41) is 4.88. The van der Waals surface area contributed by atoms with Crippen LogP contribution in [0.1, 0.15) is 91.9 Å². The lowest BCUT2D eigenvalue weighted by Gasteiger charge is -2.31. The van der Waals surface area contributed by atoms with Gasteiger partial charge in [-0.2, -0.15) is 0 Å². The first-order chi connectivity index (χ1) is 18.3. The largest absolute Gasteiger partial charge is 0.444 e. The zero-order valence-corrected chi connectivity index (χ0v) is 24.3. The third kappa shape index (κ3) is 9.22. The van der Waals surface area contributed by atoms with Crippen molar-refractivity contribution in [3.8, 4) is 0 Å². The van der Waals surface area contributed by atoms with Crippen molar-refractivity contribution in [1.29, 1.82) is 0 Å². The zero-order valence-electron chi connectivity index (χ0n) is 23.5. The van der Waals surface area contributed by atoms with E-state index in [4.69, 9.17) is 4.74 Å². The number of allylic oxidation sites excluding steroid dienone is 2. The van der Waals surface area contributed by atoms with Crippen LogP contribution in [0.3, 0.4) is 0 Å². The molecule has 3 rings (SSSR count). The number of nitrogens with one attached hydrogen (secondary N) is 3. The molecular formula is C27H44N4O7S. The quantitative estimate of drug-likeness (QED) is 0.441. The number of amides is 4. The highest BCUT2D eigenvalue weighted by Crippen LogP contribution is 2.28. The highest BCUT2D eigenvalue weighted by Gasteiger charge is 2.42. The van der Waals surface area contributed by atoms with Crippen LogP contribution in [0.5, 0.6) is 0 Å². The second-order valence-electron chi connectivity index (χ2n) is 11.9. The van der Waals surface area contributed by atoms with Gasteiger partial charge in [-0.25, -0.2) is 13.2 Å². The Morgan fingerprint density at radius 2 is 1.74 bits per heavy atom. The van der Waals surface area contributed by atoms with Crippen LogP contribution in [-0.2, 0) is 29.1 Å². The monoisotopic (exact) mass is 568 g/mol. The Labute approximate surface area is 231 Å². The number of carbonyl (C=O) groups is 4. The number of hydrogen-bond acceptors (Lipinski definition) is 7. The summed E-state index contributed by atoms with van der Waals surface area (Å²) >= 11 is 0. The van der Waals surface area contributed by atoms with Gasteiger partial charge in [-0.1, -0.05) is 31.9 Å². The van der Waals surface area contributed by atoms with Crippen molar-refractivity contribution in [1.82, 2.24) is 20.3 Å².